The maximum Gasteiger partial charge on any atom is 0.255 e. The molecule has 124 valence electrons. The summed E-state index contributed by atoms with van der Waals surface area (Å²) in [5.41, 5.74) is 0.478. The van der Waals surface area contributed by atoms with Crippen molar-refractivity contribution in [1.82, 2.24) is 15.3 Å². The second-order valence-corrected chi connectivity index (χ2v) is 5.18. The number of rotatable bonds is 3. The second-order valence-electron chi connectivity index (χ2n) is 5.18. The molecule has 0 saturated heterocycles. The average Bonchev–Trinajstić information content (AvgIpc) is 3.00. The highest BCUT2D eigenvalue weighted by atomic mass is 19.2. The number of halogens is 4. The lowest BCUT2D eigenvalue weighted by Crippen LogP contribution is -2.28. The van der Waals surface area contributed by atoms with Crippen LogP contribution >= 0.6 is 0 Å². The van der Waals surface area contributed by atoms with E-state index >= 15 is 0 Å². The van der Waals surface area contributed by atoms with Gasteiger partial charge in [0.05, 0.1) is 22.6 Å². The van der Waals surface area contributed by atoms with Crippen molar-refractivity contribution in [2.24, 2.45) is 0 Å². The van der Waals surface area contributed by atoms with Crippen LogP contribution in [0.5, 0.6) is 0 Å². The summed E-state index contributed by atoms with van der Waals surface area (Å²) in [6.45, 7) is 1.56. The first-order valence-corrected chi connectivity index (χ1v) is 6.97. The molecule has 0 radical (unpaired) electrons. The monoisotopic (exact) mass is 337 g/mol. The normalized spacial score (nSPS) is 12.4. The Hall–Kier alpha value is -2.90. The fraction of sp³-hybridized carbons (Fsp3) is 0.125. The molecule has 2 aromatic carbocycles. The number of nitrogens with zero attached hydrogens (tertiary/aromatic N) is 1. The van der Waals surface area contributed by atoms with E-state index in [9.17, 15) is 22.4 Å². The minimum absolute atomic E-state index is 0.314. The molecule has 0 aliphatic heterocycles. The number of fused-ring (bicyclic) bond motifs is 1. The van der Waals surface area contributed by atoms with Gasteiger partial charge in [-0.15, -0.1) is 0 Å². The number of H-pyrrole nitrogens is 1. The third kappa shape index (κ3) is 2.70. The molecule has 1 unspecified atom stereocenters. The number of carbonyl (C=O) groups excluding carboxylic acids is 1. The first kappa shape index (κ1) is 16.0. The minimum atomic E-state index is -2.03. The van der Waals surface area contributed by atoms with Gasteiger partial charge >= 0.3 is 0 Å². The average molecular weight is 337 g/mol. The lowest BCUT2D eigenvalue weighted by Gasteiger charge is -2.12. The van der Waals surface area contributed by atoms with Crippen molar-refractivity contribution < 1.29 is 22.4 Å². The van der Waals surface area contributed by atoms with Crippen LogP contribution in [0.25, 0.3) is 11.0 Å². The number of hydrogen-bond acceptors (Lipinski definition) is 2. The molecule has 0 aliphatic rings. The lowest BCUT2D eigenvalue weighted by atomic mass is 10.1. The van der Waals surface area contributed by atoms with Gasteiger partial charge in [-0.2, -0.15) is 0 Å². The van der Waals surface area contributed by atoms with Crippen molar-refractivity contribution in [1.29, 1.82) is 0 Å². The fourth-order valence-corrected chi connectivity index (χ4v) is 2.26. The number of amides is 1. The highest BCUT2D eigenvalue weighted by Gasteiger charge is 2.24. The van der Waals surface area contributed by atoms with E-state index in [0.29, 0.717) is 17.4 Å². The molecule has 0 bridgehead atoms. The molecule has 1 atom stereocenters. The first-order chi connectivity index (χ1) is 11.4. The summed E-state index contributed by atoms with van der Waals surface area (Å²) >= 11 is 0. The lowest BCUT2D eigenvalue weighted by molar-refractivity contribution is 0.0932. The van der Waals surface area contributed by atoms with E-state index in [-0.39, 0.29) is 0 Å². The Bertz CT molecular complexity index is 905. The van der Waals surface area contributed by atoms with Gasteiger partial charge in [0, 0.05) is 0 Å². The van der Waals surface area contributed by atoms with Gasteiger partial charge in [0.1, 0.15) is 5.82 Å². The SMILES string of the molecule is CC(NC(=O)c1cc(F)c(F)c(F)c1F)c1nc2ccccc2[nH]1. The quantitative estimate of drug-likeness (QED) is 0.436. The smallest absolute Gasteiger partial charge is 0.255 e. The maximum absolute atomic E-state index is 13.6. The van der Waals surface area contributed by atoms with Gasteiger partial charge in [-0.3, -0.25) is 4.79 Å². The van der Waals surface area contributed by atoms with Gasteiger partial charge in [-0.1, -0.05) is 12.1 Å². The highest BCUT2D eigenvalue weighted by Crippen LogP contribution is 2.20. The van der Waals surface area contributed by atoms with E-state index in [1.165, 1.54) is 0 Å². The van der Waals surface area contributed by atoms with Crippen LogP contribution < -0.4 is 5.32 Å². The summed E-state index contributed by atoms with van der Waals surface area (Å²) in [6, 6.07) is 6.75. The predicted molar refractivity (Wildman–Crippen MR) is 78.2 cm³/mol. The molecule has 3 rings (SSSR count). The van der Waals surface area contributed by atoms with E-state index in [0.717, 1.165) is 5.52 Å². The molecule has 8 heteroatoms. The predicted octanol–water partition coefficient (Wildman–Crippen LogP) is 3.61. The third-order valence-corrected chi connectivity index (χ3v) is 3.51. The van der Waals surface area contributed by atoms with Crippen LogP contribution in [0, 0.1) is 23.3 Å². The number of benzene rings is 2. The largest absolute Gasteiger partial charge is 0.342 e. The van der Waals surface area contributed by atoms with Crippen LogP contribution in [0.3, 0.4) is 0 Å². The number of carbonyl (C=O) groups is 1. The standard InChI is InChI=1S/C16H11F4N3O/c1-7(15-22-10-4-2-3-5-11(10)23-15)21-16(24)8-6-9(17)13(19)14(20)12(8)18/h2-7H,1H3,(H,21,24)(H,22,23). The van der Waals surface area contributed by atoms with Gasteiger partial charge < -0.3 is 10.3 Å². The summed E-state index contributed by atoms with van der Waals surface area (Å²) in [5, 5.41) is 2.36. The molecular formula is C16H11F4N3O. The van der Waals surface area contributed by atoms with Crippen molar-refractivity contribution in [3.8, 4) is 0 Å². The molecule has 1 amide bonds. The van der Waals surface area contributed by atoms with Gasteiger partial charge in [-0.25, -0.2) is 22.5 Å². The summed E-state index contributed by atoms with van der Waals surface area (Å²) < 4.78 is 53.0. The molecule has 3 aromatic rings. The van der Waals surface area contributed by atoms with Gasteiger partial charge in [0.2, 0.25) is 0 Å². The summed E-state index contributed by atoms with van der Waals surface area (Å²) in [6.07, 6.45) is 0. The van der Waals surface area contributed by atoms with Gasteiger partial charge in [0.25, 0.3) is 5.91 Å². The van der Waals surface area contributed by atoms with Crippen molar-refractivity contribution in [3.63, 3.8) is 0 Å². The van der Waals surface area contributed by atoms with Crippen LogP contribution in [0.15, 0.2) is 30.3 Å². The van der Waals surface area contributed by atoms with E-state index in [1.54, 1.807) is 31.2 Å². The summed E-state index contributed by atoms with van der Waals surface area (Å²) in [4.78, 5) is 19.3. The zero-order valence-corrected chi connectivity index (χ0v) is 12.3. The third-order valence-electron chi connectivity index (χ3n) is 3.51. The number of nitrogens with one attached hydrogen (secondary N) is 2. The Labute approximate surface area is 133 Å². The minimum Gasteiger partial charge on any atom is -0.342 e. The summed E-state index contributed by atoms with van der Waals surface area (Å²) in [7, 11) is 0. The molecule has 4 nitrogen and oxygen atoms in total. The molecule has 0 spiro atoms. The molecule has 2 N–H and O–H groups in total. The second kappa shape index (κ2) is 5.95. The molecule has 0 aliphatic carbocycles. The van der Waals surface area contributed by atoms with Crippen LogP contribution in [0.4, 0.5) is 17.6 Å². The molecule has 1 aromatic heterocycles. The molecule has 24 heavy (non-hydrogen) atoms. The topological polar surface area (TPSA) is 57.8 Å². The van der Waals surface area contributed by atoms with Gasteiger partial charge in [0.15, 0.2) is 23.3 Å². The number of aromatic amines is 1. The molecule has 1 heterocycles. The van der Waals surface area contributed by atoms with E-state index in [1.807, 2.05) is 0 Å². The highest BCUT2D eigenvalue weighted by molar-refractivity contribution is 5.94. The van der Waals surface area contributed by atoms with Crippen molar-refractivity contribution in [3.05, 3.63) is 65.0 Å². The van der Waals surface area contributed by atoms with E-state index in [4.69, 9.17) is 0 Å². The summed E-state index contributed by atoms with van der Waals surface area (Å²) in [5.74, 6) is -8.09. The Balaban J connectivity index is 1.86. The van der Waals surface area contributed by atoms with Crippen LogP contribution in [0.1, 0.15) is 29.1 Å². The molecule has 0 fully saturated rings. The number of para-hydroxylation sites is 2. The maximum atomic E-state index is 13.6. The Kier molecular flexibility index (Phi) is 3.96. The van der Waals surface area contributed by atoms with Crippen molar-refractivity contribution in [2.45, 2.75) is 13.0 Å². The number of imidazole rings is 1. The Morgan fingerprint density at radius 2 is 1.83 bits per heavy atom. The Morgan fingerprint density at radius 3 is 2.54 bits per heavy atom. The zero-order chi connectivity index (χ0) is 17.4. The van der Waals surface area contributed by atoms with E-state index < -0.39 is 40.8 Å². The van der Waals surface area contributed by atoms with E-state index in [2.05, 4.69) is 15.3 Å². The fourth-order valence-electron chi connectivity index (χ4n) is 2.26. The van der Waals surface area contributed by atoms with Crippen LogP contribution in [-0.4, -0.2) is 15.9 Å². The molecular weight excluding hydrogens is 326 g/mol. The first-order valence-electron chi connectivity index (χ1n) is 6.97. The van der Waals surface area contributed by atoms with Crippen LogP contribution in [0.2, 0.25) is 0 Å². The number of hydrogen-bond donors (Lipinski definition) is 2. The Morgan fingerprint density at radius 1 is 1.12 bits per heavy atom. The zero-order valence-electron chi connectivity index (χ0n) is 12.3. The van der Waals surface area contributed by atoms with Crippen LogP contribution in [-0.2, 0) is 0 Å². The molecule has 0 saturated carbocycles. The van der Waals surface area contributed by atoms with Crippen molar-refractivity contribution in [2.75, 3.05) is 0 Å². The van der Waals surface area contributed by atoms with Gasteiger partial charge in [-0.05, 0) is 25.1 Å². The van der Waals surface area contributed by atoms with Crippen molar-refractivity contribution >= 4 is 16.9 Å². The number of aromatic nitrogens is 2.